The molecule has 0 aromatic rings. The van der Waals surface area contributed by atoms with Gasteiger partial charge in [-0.3, -0.25) is 4.79 Å². The molecule has 2 saturated heterocycles. The molecule has 4 nitrogen and oxygen atoms in total. The van der Waals surface area contributed by atoms with E-state index in [-0.39, 0.29) is 5.91 Å². The molecule has 0 aromatic carbocycles. The number of hydrogen-bond donors (Lipinski definition) is 3. The quantitative estimate of drug-likeness (QED) is 0.516. The van der Waals surface area contributed by atoms with E-state index in [1.807, 2.05) is 4.90 Å². The van der Waals surface area contributed by atoms with Gasteiger partial charge in [0.25, 0.3) is 5.91 Å². The molecule has 2 heterocycles. The Hall–Kier alpha value is -0.870. The van der Waals surface area contributed by atoms with Crippen LogP contribution >= 0.6 is 0 Å². The molecule has 4 heteroatoms. The summed E-state index contributed by atoms with van der Waals surface area (Å²) in [6, 6.07) is 0.861. The Morgan fingerprint density at radius 2 is 1.84 bits per heavy atom. The van der Waals surface area contributed by atoms with Crippen LogP contribution < -0.4 is 15.1 Å². The van der Waals surface area contributed by atoms with Crippen LogP contribution in [0.25, 0.3) is 0 Å². The number of quaternary nitrogens is 2. The molecule has 0 saturated carbocycles. The van der Waals surface area contributed by atoms with E-state index in [0.29, 0.717) is 13.1 Å². The molecule has 19 heavy (non-hydrogen) atoms. The Labute approximate surface area is 116 Å². The standard InChI is InChI=1S/C15H27N3O/c1-2-8-16-15(19)13-17-11-6-14(7-12-17)18-9-4-3-5-10-18/h2,14H,1,3-13H2,(H,16,19)/p+2. The molecule has 1 amide bonds. The second-order valence-electron chi connectivity index (χ2n) is 6.01. The maximum absolute atomic E-state index is 11.7. The zero-order valence-corrected chi connectivity index (χ0v) is 12.0. The van der Waals surface area contributed by atoms with Crippen LogP contribution in [0.2, 0.25) is 0 Å². The largest absolute Gasteiger partial charge is 0.348 e. The van der Waals surface area contributed by atoms with E-state index in [1.54, 1.807) is 6.08 Å². The molecule has 0 radical (unpaired) electrons. The van der Waals surface area contributed by atoms with Gasteiger partial charge in [-0.25, -0.2) is 0 Å². The number of carbonyl (C=O) groups is 1. The number of amides is 1. The molecule has 108 valence electrons. The third-order valence-corrected chi connectivity index (χ3v) is 4.62. The summed E-state index contributed by atoms with van der Waals surface area (Å²) >= 11 is 0. The molecular weight excluding hydrogens is 238 g/mol. The smallest absolute Gasteiger partial charge is 0.275 e. The number of carbonyl (C=O) groups excluding carboxylic acids is 1. The van der Waals surface area contributed by atoms with Gasteiger partial charge in [-0.05, 0) is 19.3 Å². The Morgan fingerprint density at radius 1 is 1.16 bits per heavy atom. The van der Waals surface area contributed by atoms with Gasteiger partial charge in [0.15, 0.2) is 6.54 Å². The molecular formula is C15H29N3O+2. The van der Waals surface area contributed by atoms with E-state index in [9.17, 15) is 4.79 Å². The minimum atomic E-state index is 0.165. The highest BCUT2D eigenvalue weighted by molar-refractivity contribution is 5.76. The normalized spacial score (nSPS) is 28.8. The molecule has 0 aliphatic carbocycles. The van der Waals surface area contributed by atoms with Crippen LogP contribution in [0.1, 0.15) is 32.1 Å². The van der Waals surface area contributed by atoms with E-state index in [4.69, 9.17) is 0 Å². The van der Waals surface area contributed by atoms with Crippen molar-refractivity contribution in [1.82, 2.24) is 5.32 Å². The predicted molar refractivity (Wildman–Crippen MR) is 76.3 cm³/mol. The number of piperidine rings is 2. The monoisotopic (exact) mass is 267 g/mol. The minimum Gasteiger partial charge on any atom is -0.348 e. The highest BCUT2D eigenvalue weighted by Crippen LogP contribution is 2.01. The lowest BCUT2D eigenvalue weighted by Gasteiger charge is -2.35. The Morgan fingerprint density at radius 3 is 2.47 bits per heavy atom. The van der Waals surface area contributed by atoms with Gasteiger partial charge in [0.2, 0.25) is 0 Å². The Kier molecular flexibility index (Phi) is 5.86. The van der Waals surface area contributed by atoms with E-state index in [0.717, 1.165) is 19.1 Å². The van der Waals surface area contributed by atoms with E-state index >= 15 is 0 Å². The van der Waals surface area contributed by atoms with Crippen LogP contribution in [0.4, 0.5) is 0 Å². The van der Waals surface area contributed by atoms with E-state index in [2.05, 4.69) is 11.9 Å². The molecule has 2 fully saturated rings. The molecule has 0 unspecified atom stereocenters. The summed E-state index contributed by atoms with van der Waals surface area (Å²) in [5, 5.41) is 2.87. The van der Waals surface area contributed by atoms with Crippen LogP contribution in [0.15, 0.2) is 12.7 Å². The number of likely N-dealkylation sites (tertiary alicyclic amines) is 2. The maximum atomic E-state index is 11.7. The fraction of sp³-hybridized carbons (Fsp3) is 0.800. The third-order valence-electron chi connectivity index (χ3n) is 4.62. The van der Waals surface area contributed by atoms with Crippen LogP contribution in [0.3, 0.4) is 0 Å². The molecule has 2 aliphatic rings. The van der Waals surface area contributed by atoms with Crippen molar-refractivity contribution in [2.75, 3.05) is 39.3 Å². The molecule has 2 rings (SSSR count). The Balaban J connectivity index is 1.67. The number of hydrogen-bond acceptors (Lipinski definition) is 1. The number of rotatable bonds is 5. The van der Waals surface area contributed by atoms with Gasteiger partial charge in [-0.2, -0.15) is 0 Å². The maximum Gasteiger partial charge on any atom is 0.275 e. The topological polar surface area (TPSA) is 38.0 Å². The first-order chi connectivity index (χ1) is 9.29. The summed E-state index contributed by atoms with van der Waals surface area (Å²) < 4.78 is 0. The van der Waals surface area contributed by atoms with Crippen LogP contribution in [0.5, 0.6) is 0 Å². The van der Waals surface area contributed by atoms with Crippen molar-refractivity contribution in [2.24, 2.45) is 0 Å². The highest BCUT2D eigenvalue weighted by atomic mass is 16.2. The van der Waals surface area contributed by atoms with E-state index in [1.165, 1.54) is 50.1 Å². The average molecular weight is 267 g/mol. The lowest BCUT2D eigenvalue weighted by Crippen LogP contribution is -3.21. The number of nitrogens with one attached hydrogen (secondary N) is 3. The van der Waals surface area contributed by atoms with E-state index < -0.39 is 0 Å². The average Bonchev–Trinajstić information content (AvgIpc) is 2.47. The summed E-state index contributed by atoms with van der Waals surface area (Å²) in [5.74, 6) is 0.165. The van der Waals surface area contributed by atoms with Gasteiger partial charge in [0.1, 0.15) is 0 Å². The summed E-state index contributed by atoms with van der Waals surface area (Å²) in [6.45, 7) is 9.92. The molecule has 2 aliphatic heterocycles. The summed E-state index contributed by atoms with van der Waals surface area (Å²) in [6.07, 6.45) is 8.56. The lowest BCUT2D eigenvalue weighted by atomic mass is 10.00. The second-order valence-corrected chi connectivity index (χ2v) is 6.01. The fourth-order valence-corrected chi connectivity index (χ4v) is 3.50. The van der Waals surface area contributed by atoms with Crippen LogP contribution in [0, 0.1) is 0 Å². The zero-order chi connectivity index (χ0) is 13.5. The Bertz CT molecular complexity index is 292. The highest BCUT2D eigenvalue weighted by Gasteiger charge is 2.31. The summed E-state index contributed by atoms with van der Waals surface area (Å²) in [5.41, 5.74) is 0. The molecule has 0 spiro atoms. The minimum absolute atomic E-state index is 0.165. The summed E-state index contributed by atoms with van der Waals surface area (Å²) in [7, 11) is 0. The summed E-state index contributed by atoms with van der Waals surface area (Å²) in [4.78, 5) is 15.0. The zero-order valence-electron chi connectivity index (χ0n) is 12.0. The van der Waals surface area contributed by atoms with Crippen molar-refractivity contribution in [3.05, 3.63) is 12.7 Å². The predicted octanol–water partition coefficient (Wildman–Crippen LogP) is -1.60. The van der Waals surface area contributed by atoms with Crippen LogP contribution in [-0.2, 0) is 4.79 Å². The SMILES string of the molecule is C=CCNC(=O)C[NH+]1CCC([NH+]2CCCCC2)CC1. The lowest BCUT2D eigenvalue weighted by molar-refractivity contribution is -0.958. The van der Waals surface area contributed by atoms with Crippen molar-refractivity contribution < 1.29 is 14.6 Å². The first kappa shape index (κ1) is 14.5. The van der Waals surface area contributed by atoms with Crippen molar-refractivity contribution in [2.45, 2.75) is 38.1 Å². The molecule has 0 bridgehead atoms. The van der Waals surface area contributed by atoms with Crippen molar-refractivity contribution in [1.29, 1.82) is 0 Å². The second kappa shape index (κ2) is 7.65. The van der Waals surface area contributed by atoms with Gasteiger partial charge in [-0.15, -0.1) is 6.58 Å². The van der Waals surface area contributed by atoms with Crippen molar-refractivity contribution in [3.8, 4) is 0 Å². The third kappa shape index (κ3) is 4.62. The van der Waals surface area contributed by atoms with Gasteiger partial charge in [0, 0.05) is 19.4 Å². The first-order valence-electron chi connectivity index (χ1n) is 7.85. The van der Waals surface area contributed by atoms with Crippen molar-refractivity contribution in [3.63, 3.8) is 0 Å². The fourth-order valence-electron chi connectivity index (χ4n) is 3.50. The molecule has 0 aromatic heterocycles. The van der Waals surface area contributed by atoms with Gasteiger partial charge in [0.05, 0.1) is 32.2 Å². The van der Waals surface area contributed by atoms with Crippen molar-refractivity contribution >= 4 is 5.91 Å². The van der Waals surface area contributed by atoms with Gasteiger partial charge < -0.3 is 15.1 Å². The van der Waals surface area contributed by atoms with Crippen LogP contribution in [-0.4, -0.2) is 51.2 Å². The van der Waals surface area contributed by atoms with Gasteiger partial charge >= 0.3 is 0 Å². The molecule has 3 N–H and O–H groups in total. The first-order valence-corrected chi connectivity index (χ1v) is 7.85. The van der Waals surface area contributed by atoms with Gasteiger partial charge in [-0.1, -0.05) is 6.08 Å². The molecule has 0 atom stereocenters.